The Kier molecular flexibility index (Phi) is 5.72. The molecule has 3 aromatic rings. The standard InChI is InChI=1S/C17H17ClF2IN5O2/c18-16-24-11-10(21)12(14-9(22)4-2-6-28-14)26(17(19)20)13(11)15(25-16)23-7-8-3-1-5-27-8/h1,3,5,9,14,17H,2,4,6-7,22H2,(H,23,24,25)/t9-,14-/m0/s1. The lowest BCUT2D eigenvalue weighted by Crippen LogP contribution is -2.36. The predicted molar refractivity (Wildman–Crippen MR) is 108 cm³/mol. The minimum atomic E-state index is -2.83. The second-order valence-electron chi connectivity index (χ2n) is 6.42. The Morgan fingerprint density at radius 1 is 1.43 bits per heavy atom. The van der Waals surface area contributed by atoms with E-state index in [2.05, 4.69) is 15.3 Å². The van der Waals surface area contributed by atoms with Crippen LogP contribution in [0.25, 0.3) is 11.0 Å². The van der Waals surface area contributed by atoms with Gasteiger partial charge in [-0.3, -0.25) is 4.57 Å². The molecule has 4 rings (SSSR count). The maximum Gasteiger partial charge on any atom is 0.319 e. The number of halogens is 4. The van der Waals surface area contributed by atoms with Crippen LogP contribution >= 0.6 is 34.2 Å². The van der Waals surface area contributed by atoms with Gasteiger partial charge >= 0.3 is 6.55 Å². The predicted octanol–water partition coefficient (Wildman–Crippen LogP) is 4.47. The molecule has 1 aliphatic rings. The molecule has 3 N–H and O–H groups in total. The molecule has 11 heteroatoms. The largest absolute Gasteiger partial charge is 0.467 e. The number of hydrogen-bond acceptors (Lipinski definition) is 6. The lowest BCUT2D eigenvalue weighted by molar-refractivity contribution is -0.0147. The normalized spacial score (nSPS) is 20.2. The summed E-state index contributed by atoms with van der Waals surface area (Å²) in [5.41, 5.74) is 6.98. The molecule has 0 amide bonds. The molecule has 28 heavy (non-hydrogen) atoms. The SMILES string of the molecule is N[C@H]1CCCO[C@@H]1c1c(I)c2nc(Cl)nc(NCc3ccco3)c2n1C(F)F. The fraction of sp³-hybridized carbons (Fsp3) is 0.412. The minimum Gasteiger partial charge on any atom is -0.467 e. The van der Waals surface area contributed by atoms with Crippen LogP contribution in [0.5, 0.6) is 0 Å². The summed E-state index contributed by atoms with van der Waals surface area (Å²) in [5.74, 6) is 0.825. The van der Waals surface area contributed by atoms with Gasteiger partial charge < -0.3 is 20.2 Å². The zero-order valence-corrected chi connectivity index (χ0v) is 17.5. The van der Waals surface area contributed by atoms with Crippen LogP contribution < -0.4 is 11.1 Å². The fourth-order valence-corrected chi connectivity index (χ4v) is 4.53. The molecule has 1 aliphatic heterocycles. The molecule has 3 aromatic heterocycles. The first-order valence-electron chi connectivity index (χ1n) is 8.65. The highest BCUT2D eigenvalue weighted by molar-refractivity contribution is 14.1. The van der Waals surface area contributed by atoms with Crippen molar-refractivity contribution in [2.45, 2.75) is 38.1 Å². The van der Waals surface area contributed by atoms with E-state index >= 15 is 0 Å². The van der Waals surface area contributed by atoms with Crippen LogP contribution in [0.15, 0.2) is 22.8 Å². The molecule has 2 atom stereocenters. The van der Waals surface area contributed by atoms with E-state index in [0.717, 1.165) is 11.0 Å². The highest BCUT2D eigenvalue weighted by atomic mass is 127. The van der Waals surface area contributed by atoms with Crippen LogP contribution in [0.1, 0.15) is 36.9 Å². The van der Waals surface area contributed by atoms with Gasteiger partial charge in [0.15, 0.2) is 5.82 Å². The Balaban J connectivity index is 1.87. The molecule has 0 saturated carbocycles. The van der Waals surface area contributed by atoms with E-state index in [-0.39, 0.29) is 29.2 Å². The Labute approximate surface area is 177 Å². The summed E-state index contributed by atoms with van der Waals surface area (Å²) >= 11 is 8.06. The number of anilines is 1. The van der Waals surface area contributed by atoms with Gasteiger partial charge in [-0.25, -0.2) is 4.98 Å². The smallest absolute Gasteiger partial charge is 0.319 e. The molecule has 0 aromatic carbocycles. The molecule has 0 radical (unpaired) electrons. The first kappa shape index (κ1) is 19.8. The van der Waals surface area contributed by atoms with Gasteiger partial charge in [-0.05, 0) is 59.2 Å². The van der Waals surface area contributed by atoms with Gasteiger partial charge in [0.05, 0.1) is 22.1 Å². The third-order valence-electron chi connectivity index (χ3n) is 4.63. The second kappa shape index (κ2) is 8.09. The van der Waals surface area contributed by atoms with E-state index in [1.165, 1.54) is 6.26 Å². The molecule has 4 heterocycles. The average molecular weight is 524 g/mol. The molecule has 1 saturated heterocycles. The summed E-state index contributed by atoms with van der Waals surface area (Å²) in [6, 6.07) is 3.13. The van der Waals surface area contributed by atoms with Gasteiger partial charge in [0.2, 0.25) is 5.28 Å². The summed E-state index contributed by atoms with van der Waals surface area (Å²) in [7, 11) is 0. The number of alkyl halides is 2. The quantitative estimate of drug-likeness (QED) is 0.379. The van der Waals surface area contributed by atoms with E-state index < -0.39 is 12.7 Å². The maximum atomic E-state index is 14.2. The van der Waals surface area contributed by atoms with E-state index in [1.807, 2.05) is 22.6 Å². The van der Waals surface area contributed by atoms with Crippen LogP contribution in [0.3, 0.4) is 0 Å². The number of nitrogens with zero attached hydrogens (tertiary/aromatic N) is 3. The van der Waals surface area contributed by atoms with Gasteiger partial charge in [-0.2, -0.15) is 13.8 Å². The average Bonchev–Trinajstić information content (AvgIpc) is 3.27. The first-order valence-corrected chi connectivity index (χ1v) is 10.1. The number of hydrogen-bond donors (Lipinski definition) is 2. The van der Waals surface area contributed by atoms with Crippen molar-refractivity contribution >= 4 is 51.0 Å². The minimum absolute atomic E-state index is 0.0424. The molecule has 0 aliphatic carbocycles. The molecular weight excluding hydrogens is 507 g/mol. The zero-order valence-electron chi connectivity index (χ0n) is 14.5. The van der Waals surface area contributed by atoms with Gasteiger partial charge in [-0.15, -0.1) is 0 Å². The summed E-state index contributed by atoms with van der Waals surface area (Å²) in [6.07, 6.45) is 2.37. The van der Waals surface area contributed by atoms with Crippen molar-refractivity contribution in [3.63, 3.8) is 0 Å². The third kappa shape index (κ3) is 3.58. The monoisotopic (exact) mass is 523 g/mol. The highest BCUT2D eigenvalue weighted by Crippen LogP contribution is 2.41. The number of fused-ring (bicyclic) bond motifs is 1. The first-order chi connectivity index (χ1) is 13.5. The van der Waals surface area contributed by atoms with E-state index in [0.29, 0.717) is 33.6 Å². The Hall–Kier alpha value is -1.50. The van der Waals surface area contributed by atoms with Crippen molar-refractivity contribution in [2.75, 3.05) is 11.9 Å². The number of furan rings is 1. The van der Waals surface area contributed by atoms with Crippen molar-refractivity contribution in [1.29, 1.82) is 0 Å². The molecule has 0 spiro atoms. The Morgan fingerprint density at radius 2 is 2.25 bits per heavy atom. The lowest BCUT2D eigenvalue weighted by Gasteiger charge is -2.30. The lowest BCUT2D eigenvalue weighted by atomic mass is 10.0. The zero-order chi connectivity index (χ0) is 19.8. The summed E-state index contributed by atoms with van der Waals surface area (Å²) in [5, 5.41) is 2.98. The summed E-state index contributed by atoms with van der Waals surface area (Å²) in [6.45, 7) is -2.10. The van der Waals surface area contributed by atoms with Crippen molar-refractivity contribution in [1.82, 2.24) is 14.5 Å². The van der Waals surface area contributed by atoms with Crippen LogP contribution in [0.4, 0.5) is 14.6 Å². The van der Waals surface area contributed by atoms with Crippen LogP contribution in [0, 0.1) is 3.57 Å². The molecule has 0 bridgehead atoms. The van der Waals surface area contributed by atoms with Crippen molar-refractivity contribution < 1.29 is 17.9 Å². The number of ether oxygens (including phenoxy) is 1. The van der Waals surface area contributed by atoms with Crippen LogP contribution in [-0.4, -0.2) is 27.2 Å². The van der Waals surface area contributed by atoms with Gasteiger partial charge in [0, 0.05) is 12.6 Å². The van der Waals surface area contributed by atoms with Gasteiger partial charge in [0.25, 0.3) is 0 Å². The fourth-order valence-electron chi connectivity index (χ4n) is 3.41. The van der Waals surface area contributed by atoms with E-state index in [4.69, 9.17) is 26.5 Å². The van der Waals surface area contributed by atoms with Crippen LogP contribution in [-0.2, 0) is 11.3 Å². The molecule has 150 valence electrons. The van der Waals surface area contributed by atoms with Gasteiger partial charge in [0.1, 0.15) is 22.9 Å². The Morgan fingerprint density at radius 3 is 2.93 bits per heavy atom. The Bertz CT molecular complexity index is 982. The van der Waals surface area contributed by atoms with Crippen molar-refractivity contribution in [3.8, 4) is 0 Å². The molecule has 7 nitrogen and oxygen atoms in total. The molecule has 1 fully saturated rings. The van der Waals surface area contributed by atoms with E-state index in [9.17, 15) is 8.78 Å². The summed E-state index contributed by atoms with van der Waals surface area (Å²) in [4.78, 5) is 8.33. The molecular formula is C17H17ClF2IN5O2. The van der Waals surface area contributed by atoms with Crippen LogP contribution in [0.2, 0.25) is 5.28 Å². The number of aromatic nitrogens is 3. The number of rotatable bonds is 5. The van der Waals surface area contributed by atoms with Crippen molar-refractivity contribution in [2.24, 2.45) is 5.73 Å². The maximum absolute atomic E-state index is 14.2. The number of nitrogens with one attached hydrogen (secondary N) is 1. The topological polar surface area (TPSA) is 91.1 Å². The highest BCUT2D eigenvalue weighted by Gasteiger charge is 2.35. The molecule has 0 unspecified atom stereocenters. The second-order valence-corrected chi connectivity index (χ2v) is 7.83. The van der Waals surface area contributed by atoms with E-state index in [1.54, 1.807) is 12.1 Å². The third-order valence-corrected chi connectivity index (χ3v) is 5.87. The van der Waals surface area contributed by atoms with Crippen molar-refractivity contribution in [3.05, 3.63) is 38.7 Å². The number of nitrogens with two attached hydrogens (primary N) is 1. The van der Waals surface area contributed by atoms with Gasteiger partial charge in [-0.1, -0.05) is 0 Å². The summed E-state index contributed by atoms with van der Waals surface area (Å²) < 4.78 is 40.8.